The highest BCUT2D eigenvalue weighted by atomic mass is 16.3. The maximum Gasteiger partial charge on any atom is 0.141 e. The predicted octanol–water partition coefficient (Wildman–Crippen LogP) is 0.750. The Bertz CT molecular complexity index is 344. The summed E-state index contributed by atoms with van der Waals surface area (Å²) in [5, 5.41) is 13.6. The molecule has 0 aromatic carbocycles. The number of aliphatic hydroxyl groups is 1. The van der Waals surface area contributed by atoms with Gasteiger partial charge in [-0.25, -0.2) is 4.98 Å². The number of nitrogens with one attached hydrogen (secondary N) is 1. The molecule has 1 fully saturated rings. The molecule has 1 aromatic heterocycles. The van der Waals surface area contributed by atoms with Crippen LogP contribution in [-0.2, 0) is 6.54 Å². The molecule has 5 nitrogen and oxygen atoms in total. The fourth-order valence-corrected chi connectivity index (χ4v) is 2.42. The summed E-state index contributed by atoms with van der Waals surface area (Å²) in [6.07, 6.45) is 8.96. The number of nitrogens with two attached hydrogens (primary N) is 1. The summed E-state index contributed by atoms with van der Waals surface area (Å²) in [7, 11) is 0. The van der Waals surface area contributed by atoms with E-state index < -0.39 is 5.60 Å². The van der Waals surface area contributed by atoms with Crippen LogP contribution >= 0.6 is 0 Å². The molecule has 1 aliphatic rings. The van der Waals surface area contributed by atoms with E-state index >= 15 is 0 Å². The van der Waals surface area contributed by atoms with Gasteiger partial charge >= 0.3 is 0 Å². The molecule has 0 radical (unpaired) electrons. The minimum atomic E-state index is -0.480. The molecule has 0 aliphatic heterocycles. The molecular weight excluding hydrogens is 216 g/mol. The van der Waals surface area contributed by atoms with Gasteiger partial charge in [-0.3, -0.25) is 0 Å². The Hall–Kier alpha value is -1.07. The van der Waals surface area contributed by atoms with Gasteiger partial charge in [0.05, 0.1) is 11.9 Å². The van der Waals surface area contributed by atoms with Gasteiger partial charge in [-0.05, 0) is 12.8 Å². The molecule has 1 saturated carbocycles. The highest BCUT2D eigenvalue weighted by Crippen LogP contribution is 2.27. The molecule has 96 valence electrons. The minimum absolute atomic E-state index is 0.480. The van der Waals surface area contributed by atoms with E-state index in [1.165, 1.54) is 6.42 Å². The van der Waals surface area contributed by atoms with Crippen LogP contribution in [0.5, 0.6) is 0 Å². The summed E-state index contributed by atoms with van der Waals surface area (Å²) in [6, 6.07) is 0. The summed E-state index contributed by atoms with van der Waals surface area (Å²) >= 11 is 0. The number of anilines is 1. The number of imidazole rings is 1. The third-order valence-corrected chi connectivity index (χ3v) is 3.44. The second-order valence-electron chi connectivity index (χ2n) is 5.00. The van der Waals surface area contributed by atoms with Gasteiger partial charge < -0.3 is 20.7 Å². The van der Waals surface area contributed by atoms with E-state index in [0.717, 1.165) is 38.8 Å². The zero-order valence-corrected chi connectivity index (χ0v) is 10.2. The van der Waals surface area contributed by atoms with Crippen molar-refractivity contribution in [3.63, 3.8) is 0 Å². The lowest BCUT2D eigenvalue weighted by Crippen LogP contribution is -2.42. The van der Waals surface area contributed by atoms with E-state index in [4.69, 9.17) is 5.73 Å². The Labute approximate surface area is 102 Å². The van der Waals surface area contributed by atoms with Gasteiger partial charge in [0.25, 0.3) is 0 Å². The Kier molecular flexibility index (Phi) is 4.02. The predicted molar refractivity (Wildman–Crippen MR) is 67.5 cm³/mol. The first-order chi connectivity index (χ1) is 8.18. The van der Waals surface area contributed by atoms with E-state index in [1.807, 2.05) is 10.8 Å². The molecule has 1 aromatic rings. The first-order valence-electron chi connectivity index (χ1n) is 6.38. The summed E-state index contributed by atoms with van der Waals surface area (Å²) in [5.41, 5.74) is 5.05. The fraction of sp³-hybridized carbons (Fsp3) is 0.750. The lowest BCUT2D eigenvalue weighted by molar-refractivity contribution is 0.00495. The highest BCUT2D eigenvalue weighted by molar-refractivity contribution is 5.22. The highest BCUT2D eigenvalue weighted by Gasteiger charge is 2.28. The molecule has 0 bridgehead atoms. The van der Waals surface area contributed by atoms with Crippen molar-refractivity contribution >= 4 is 5.82 Å². The topological polar surface area (TPSA) is 76.1 Å². The molecule has 5 heteroatoms. The zero-order chi connectivity index (χ0) is 12.1. The van der Waals surface area contributed by atoms with Crippen molar-refractivity contribution in [2.45, 2.75) is 44.2 Å². The molecule has 0 saturated heterocycles. The van der Waals surface area contributed by atoms with Crippen LogP contribution in [0.25, 0.3) is 0 Å². The largest absolute Gasteiger partial charge is 0.389 e. The number of nitrogen functional groups attached to an aromatic ring is 1. The van der Waals surface area contributed by atoms with Gasteiger partial charge in [-0.2, -0.15) is 0 Å². The number of hydrogen-bond donors (Lipinski definition) is 3. The molecule has 0 spiro atoms. The van der Waals surface area contributed by atoms with Crippen LogP contribution in [0.1, 0.15) is 32.1 Å². The monoisotopic (exact) mass is 238 g/mol. The van der Waals surface area contributed by atoms with E-state index in [0.29, 0.717) is 12.4 Å². The van der Waals surface area contributed by atoms with Crippen LogP contribution in [0.4, 0.5) is 5.82 Å². The van der Waals surface area contributed by atoms with Crippen molar-refractivity contribution in [2.24, 2.45) is 0 Å². The lowest BCUT2D eigenvalue weighted by atomic mass is 9.85. The van der Waals surface area contributed by atoms with Crippen molar-refractivity contribution in [3.8, 4) is 0 Å². The normalized spacial score (nSPS) is 19.4. The Morgan fingerprint density at radius 2 is 2.18 bits per heavy atom. The Morgan fingerprint density at radius 1 is 1.41 bits per heavy atom. The van der Waals surface area contributed by atoms with Crippen LogP contribution < -0.4 is 11.1 Å². The van der Waals surface area contributed by atoms with Crippen molar-refractivity contribution in [2.75, 3.05) is 18.8 Å². The van der Waals surface area contributed by atoms with Crippen molar-refractivity contribution < 1.29 is 5.11 Å². The minimum Gasteiger partial charge on any atom is -0.389 e. The summed E-state index contributed by atoms with van der Waals surface area (Å²) in [6.45, 7) is 2.36. The molecule has 4 N–H and O–H groups in total. The SMILES string of the molecule is Nc1cn(CCNCC2(O)CCCCC2)cn1. The van der Waals surface area contributed by atoms with Gasteiger partial charge in [0.1, 0.15) is 5.82 Å². The van der Waals surface area contributed by atoms with E-state index in [1.54, 1.807) is 6.33 Å². The van der Waals surface area contributed by atoms with Gasteiger partial charge in [0.2, 0.25) is 0 Å². The first-order valence-corrected chi connectivity index (χ1v) is 6.38. The lowest BCUT2D eigenvalue weighted by Gasteiger charge is -2.32. The Balaban J connectivity index is 1.65. The quantitative estimate of drug-likeness (QED) is 0.662. The maximum atomic E-state index is 10.3. The van der Waals surface area contributed by atoms with Crippen molar-refractivity contribution in [3.05, 3.63) is 12.5 Å². The molecule has 0 atom stereocenters. The summed E-state index contributed by atoms with van der Waals surface area (Å²) in [5.74, 6) is 0.552. The van der Waals surface area contributed by atoms with Crippen molar-refractivity contribution in [1.82, 2.24) is 14.9 Å². The Morgan fingerprint density at radius 3 is 2.82 bits per heavy atom. The third kappa shape index (κ3) is 3.71. The number of hydrogen-bond acceptors (Lipinski definition) is 4. The van der Waals surface area contributed by atoms with E-state index in [-0.39, 0.29) is 0 Å². The molecular formula is C12H22N4O. The van der Waals surface area contributed by atoms with Crippen LogP contribution in [0, 0.1) is 0 Å². The van der Waals surface area contributed by atoms with E-state index in [2.05, 4.69) is 10.3 Å². The van der Waals surface area contributed by atoms with Crippen molar-refractivity contribution in [1.29, 1.82) is 0 Å². The molecule has 17 heavy (non-hydrogen) atoms. The molecule has 1 heterocycles. The molecule has 2 rings (SSSR count). The van der Waals surface area contributed by atoms with Crippen LogP contribution in [0.2, 0.25) is 0 Å². The second-order valence-corrected chi connectivity index (χ2v) is 5.00. The van der Waals surface area contributed by atoms with Gasteiger partial charge in [-0.15, -0.1) is 0 Å². The second kappa shape index (κ2) is 5.51. The van der Waals surface area contributed by atoms with Crippen LogP contribution in [0.3, 0.4) is 0 Å². The summed E-state index contributed by atoms with van der Waals surface area (Å²) in [4.78, 5) is 3.96. The smallest absolute Gasteiger partial charge is 0.141 e. The molecule has 0 amide bonds. The molecule has 0 unspecified atom stereocenters. The average molecular weight is 238 g/mol. The number of nitrogens with zero attached hydrogens (tertiary/aromatic N) is 2. The maximum absolute atomic E-state index is 10.3. The first kappa shape index (κ1) is 12.4. The van der Waals surface area contributed by atoms with Gasteiger partial charge in [-0.1, -0.05) is 19.3 Å². The number of rotatable bonds is 5. The summed E-state index contributed by atoms with van der Waals surface area (Å²) < 4.78 is 1.95. The average Bonchev–Trinajstić information content (AvgIpc) is 2.72. The van der Waals surface area contributed by atoms with Gasteiger partial charge in [0.15, 0.2) is 0 Å². The standard InChI is InChI=1S/C12H22N4O/c13-11-8-16(10-15-11)7-6-14-9-12(17)4-2-1-3-5-12/h8,10,14,17H,1-7,9,13H2. The number of aromatic nitrogens is 2. The van der Waals surface area contributed by atoms with Gasteiger partial charge in [0, 0.05) is 25.8 Å². The fourth-order valence-electron chi connectivity index (χ4n) is 2.42. The van der Waals surface area contributed by atoms with E-state index in [9.17, 15) is 5.11 Å². The molecule has 1 aliphatic carbocycles. The zero-order valence-electron chi connectivity index (χ0n) is 10.2. The third-order valence-electron chi connectivity index (χ3n) is 3.44. The van der Waals surface area contributed by atoms with Crippen LogP contribution in [-0.4, -0.2) is 33.3 Å². The van der Waals surface area contributed by atoms with Crippen LogP contribution in [0.15, 0.2) is 12.5 Å².